The van der Waals surface area contributed by atoms with Crippen molar-refractivity contribution in [3.05, 3.63) is 45.9 Å². The number of thiazole rings is 1. The summed E-state index contributed by atoms with van der Waals surface area (Å²) in [7, 11) is 0. The molecule has 0 aliphatic carbocycles. The van der Waals surface area contributed by atoms with Gasteiger partial charge in [-0.1, -0.05) is 25.1 Å². The molecule has 1 aromatic heterocycles. The fourth-order valence-electron chi connectivity index (χ4n) is 2.25. The van der Waals surface area contributed by atoms with Crippen molar-refractivity contribution in [1.82, 2.24) is 15.6 Å². The first-order valence-corrected chi connectivity index (χ1v) is 9.68. The molecule has 1 heterocycles. The molecule has 0 atom stereocenters. The van der Waals surface area contributed by atoms with Gasteiger partial charge in [0.25, 0.3) is 0 Å². The molecular formula is C19H28N4OS. The van der Waals surface area contributed by atoms with Crippen LogP contribution in [0.25, 0.3) is 0 Å². The highest BCUT2D eigenvalue weighted by molar-refractivity contribution is 7.11. The Labute approximate surface area is 154 Å². The third kappa shape index (κ3) is 6.74. The minimum Gasteiger partial charge on any atom is -0.493 e. The Morgan fingerprint density at radius 1 is 1.24 bits per heavy atom. The highest BCUT2D eigenvalue weighted by Crippen LogP contribution is 2.16. The van der Waals surface area contributed by atoms with Crippen molar-refractivity contribution in [2.24, 2.45) is 4.99 Å². The van der Waals surface area contributed by atoms with Crippen LogP contribution in [-0.2, 0) is 13.0 Å². The number of aromatic nitrogens is 1. The molecule has 5 nitrogen and oxygen atoms in total. The number of hydrogen-bond acceptors (Lipinski definition) is 4. The maximum Gasteiger partial charge on any atom is 0.191 e. The first-order valence-electron chi connectivity index (χ1n) is 8.87. The van der Waals surface area contributed by atoms with Gasteiger partial charge in [-0.25, -0.2) is 9.98 Å². The summed E-state index contributed by atoms with van der Waals surface area (Å²) in [5.74, 6) is 1.78. The van der Waals surface area contributed by atoms with Crippen molar-refractivity contribution in [3.8, 4) is 5.75 Å². The smallest absolute Gasteiger partial charge is 0.191 e. The minimum absolute atomic E-state index is 0.611. The van der Waals surface area contributed by atoms with Gasteiger partial charge in [0.15, 0.2) is 5.96 Å². The Morgan fingerprint density at radius 2 is 2.08 bits per heavy atom. The number of rotatable bonds is 9. The molecule has 25 heavy (non-hydrogen) atoms. The Balaban J connectivity index is 1.73. The molecular weight excluding hydrogens is 332 g/mol. The molecule has 2 N–H and O–H groups in total. The fraction of sp³-hybridized carbons (Fsp3) is 0.474. The van der Waals surface area contributed by atoms with Crippen molar-refractivity contribution >= 4 is 17.3 Å². The lowest BCUT2D eigenvalue weighted by Gasteiger charge is -2.12. The number of hydrogen-bond donors (Lipinski definition) is 2. The quantitative estimate of drug-likeness (QED) is 0.408. The highest BCUT2D eigenvalue weighted by atomic mass is 32.1. The van der Waals surface area contributed by atoms with Crippen LogP contribution >= 0.6 is 11.3 Å². The third-order valence-corrected chi connectivity index (χ3v) is 4.76. The van der Waals surface area contributed by atoms with Crippen LogP contribution in [0.15, 0.2) is 35.5 Å². The van der Waals surface area contributed by atoms with Crippen molar-refractivity contribution in [2.75, 3.05) is 19.7 Å². The van der Waals surface area contributed by atoms with Gasteiger partial charge in [-0.2, -0.15) is 0 Å². The number of aryl methyl sites for hydroxylation is 2. The van der Waals surface area contributed by atoms with Gasteiger partial charge in [0.1, 0.15) is 10.8 Å². The molecule has 0 bridgehead atoms. The van der Waals surface area contributed by atoms with Crippen LogP contribution in [0, 0.1) is 6.92 Å². The predicted molar refractivity (Wildman–Crippen MR) is 106 cm³/mol. The zero-order chi connectivity index (χ0) is 17.9. The lowest BCUT2D eigenvalue weighted by molar-refractivity contribution is 0.309. The number of ether oxygens (including phenoxy) is 1. The number of guanidine groups is 1. The van der Waals surface area contributed by atoms with E-state index < -0.39 is 0 Å². The number of para-hydroxylation sites is 1. The lowest BCUT2D eigenvalue weighted by Crippen LogP contribution is -2.38. The summed E-state index contributed by atoms with van der Waals surface area (Å²) in [6, 6.07) is 8.09. The van der Waals surface area contributed by atoms with Crippen LogP contribution in [0.2, 0.25) is 0 Å². The third-order valence-electron chi connectivity index (χ3n) is 3.63. The second-order valence-corrected chi connectivity index (χ2v) is 6.86. The van der Waals surface area contributed by atoms with Crippen LogP contribution in [0.3, 0.4) is 0 Å². The van der Waals surface area contributed by atoms with Crippen LogP contribution in [0.1, 0.15) is 35.7 Å². The average Bonchev–Trinajstić information content (AvgIpc) is 3.09. The molecule has 136 valence electrons. The average molecular weight is 361 g/mol. The summed E-state index contributed by atoms with van der Waals surface area (Å²) >= 11 is 1.73. The van der Waals surface area contributed by atoms with Crippen LogP contribution in [-0.4, -0.2) is 30.6 Å². The molecule has 6 heteroatoms. The molecule has 0 saturated heterocycles. The van der Waals surface area contributed by atoms with Crippen LogP contribution < -0.4 is 15.4 Å². The van der Waals surface area contributed by atoms with E-state index in [2.05, 4.69) is 47.4 Å². The van der Waals surface area contributed by atoms with E-state index in [-0.39, 0.29) is 0 Å². The van der Waals surface area contributed by atoms with E-state index in [1.165, 1.54) is 10.4 Å². The first-order chi connectivity index (χ1) is 12.2. The first kappa shape index (κ1) is 19.2. The molecule has 0 amide bonds. The number of aliphatic imine (C=N–C) groups is 1. The Morgan fingerprint density at radius 3 is 2.80 bits per heavy atom. The van der Waals surface area contributed by atoms with Gasteiger partial charge in [-0.3, -0.25) is 0 Å². The summed E-state index contributed by atoms with van der Waals surface area (Å²) in [6.07, 6.45) is 3.88. The summed E-state index contributed by atoms with van der Waals surface area (Å²) in [4.78, 5) is 10.3. The highest BCUT2D eigenvalue weighted by Gasteiger charge is 2.02. The molecule has 0 aliphatic rings. The fourth-order valence-corrected chi connectivity index (χ4v) is 3.04. The molecule has 0 aliphatic heterocycles. The molecule has 1 aromatic carbocycles. The second-order valence-electron chi connectivity index (χ2n) is 5.66. The Kier molecular flexibility index (Phi) is 8.25. The summed E-state index contributed by atoms with van der Waals surface area (Å²) in [6.45, 7) is 9.22. The molecule has 0 radical (unpaired) electrons. The van der Waals surface area contributed by atoms with E-state index in [0.717, 1.165) is 42.6 Å². The van der Waals surface area contributed by atoms with Gasteiger partial charge in [-0.15, -0.1) is 11.3 Å². The van der Waals surface area contributed by atoms with E-state index in [1.54, 1.807) is 11.3 Å². The number of nitrogens with zero attached hydrogens (tertiary/aromatic N) is 2. The van der Waals surface area contributed by atoms with Crippen molar-refractivity contribution in [3.63, 3.8) is 0 Å². The zero-order valence-corrected chi connectivity index (χ0v) is 16.2. The number of benzene rings is 1. The molecule has 0 fully saturated rings. The molecule has 0 unspecified atom stereocenters. The van der Waals surface area contributed by atoms with E-state index in [4.69, 9.17) is 4.74 Å². The monoisotopic (exact) mass is 360 g/mol. The van der Waals surface area contributed by atoms with Gasteiger partial charge >= 0.3 is 0 Å². The van der Waals surface area contributed by atoms with Gasteiger partial charge in [0, 0.05) is 24.2 Å². The molecule has 2 aromatic rings. The zero-order valence-electron chi connectivity index (χ0n) is 15.3. The van der Waals surface area contributed by atoms with Gasteiger partial charge in [-0.05, 0) is 38.3 Å². The standard InChI is InChI=1S/C19H28N4OS/c1-4-16-13-22-18(25-16)14-23-19(20-5-2)21-11-8-12-24-17-10-7-6-9-15(17)3/h6-7,9-10,13H,4-5,8,11-12,14H2,1-3H3,(H2,20,21,23). The summed E-state index contributed by atoms with van der Waals surface area (Å²) in [5.41, 5.74) is 1.17. The van der Waals surface area contributed by atoms with Crippen molar-refractivity contribution in [1.29, 1.82) is 0 Å². The molecule has 0 spiro atoms. The maximum absolute atomic E-state index is 5.81. The number of nitrogens with one attached hydrogen (secondary N) is 2. The largest absolute Gasteiger partial charge is 0.493 e. The van der Waals surface area contributed by atoms with E-state index in [9.17, 15) is 0 Å². The van der Waals surface area contributed by atoms with Crippen molar-refractivity contribution < 1.29 is 4.74 Å². The summed E-state index contributed by atoms with van der Waals surface area (Å²) < 4.78 is 5.81. The second kappa shape index (κ2) is 10.7. The maximum atomic E-state index is 5.81. The Bertz CT molecular complexity index is 669. The SMILES string of the molecule is CCNC(=NCc1ncc(CC)s1)NCCCOc1ccccc1C. The van der Waals surface area contributed by atoms with Gasteiger partial charge < -0.3 is 15.4 Å². The normalized spacial score (nSPS) is 11.4. The van der Waals surface area contributed by atoms with Gasteiger partial charge in [0.05, 0.1) is 13.2 Å². The molecule has 0 saturated carbocycles. The van der Waals surface area contributed by atoms with Gasteiger partial charge in [0.2, 0.25) is 0 Å². The predicted octanol–water partition coefficient (Wildman–Crippen LogP) is 3.54. The van der Waals surface area contributed by atoms with E-state index in [0.29, 0.717) is 13.2 Å². The van der Waals surface area contributed by atoms with Crippen molar-refractivity contribution in [2.45, 2.75) is 40.2 Å². The van der Waals surface area contributed by atoms with Crippen LogP contribution in [0.4, 0.5) is 0 Å². The van der Waals surface area contributed by atoms with E-state index >= 15 is 0 Å². The summed E-state index contributed by atoms with van der Waals surface area (Å²) in [5, 5.41) is 7.67. The molecule has 2 rings (SSSR count). The van der Waals surface area contributed by atoms with Crippen LogP contribution in [0.5, 0.6) is 5.75 Å². The van der Waals surface area contributed by atoms with E-state index in [1.807, 2.05) is 24.4 Å². The lowest BCUT2D eigenvalue weighted by atomic mass is 10.2. The Hall–Kier alpha value is -2.08. The topological polar surface area (TPSA) is 58.5 Å². The minimum atomic E-state index is 0.611.